The molecule has 13 heavy (non-hydrogen) atoms. The van der Waals surface area contributed by atoms with Crippen molar-refractivity contribution in [2.75, 3.05) is 6.54 Å². The molecule has 68 valence electrons. The van der Waals surface area contributed by atoms with E-state index in [0.29, 0.717) is 6.04 Å². The van der Waals surface area contributed by atoms with Gasteiger partial charge in [0.1, 0.15) is 0 Å². The zero-order valence-electron chi connectivity index (χ0n) is 7.96. The van der Waals surface area contributed by atoms with Crippen LogP contribution < -0.4 is 5.32 Å². The van der Waals surface area contributed by atoms with Crippen molar-refractivity contribution in [1.29, 1.82) is 0 Å². The monoisotopic (exact) mass is 173 g/mol. The van der Waals surface area contributed by atoms with Crippen molar-refractivity contribution in [2.24, 2.45) is 0 Å². The lowest BCUT2D eigenvalue weighted by molar-refractivity contribution is 0.584. The highest BCUT2D eigenvalue weighted by Gasteiger charge is 2.01. The summed E-state index contributed by atoms with van der Waals surface area (Å²) in [6.45, 7) is 3.03. The number of terminal acetylenes is 1. The number of hydrogen-bond donors (Lipinski definition) is 1. The summed E-state index contributed by atoms with van der Waals surface area (Å²) < 4.78 is 0. The lowest BCUT2D eigenvalue weighted by Crippen LogP contribution is -2.19. The van der Waals surface area contributed by atoms with E-state index in [2.05, 4.69) is 42.4 Å². The molecular formula is C12H15N. The molecule has 0 aliphatic rings. The SMILES string of the molecule is C#CCCNC(C)c1ccccc1. The van der Waals surface area contributed by atoms with Gasteiger partial charge in [-0.05, 0) is 12.5 Å². The Morgan fingerprint density at radius 3 is 2.69 bits per heavy atom. The van der Waals surface area contributed by atoms with Crippen LogP contribution in [0.4, 0.5) is 0 Å². The van der Waals surface area contributed by atoms with Crippen molar-refractivity contribution in [2.45, 2.75) is 19.4 Å². The van der Waals surface area contributed by atoms with Gasteiger partial charge in [0.25, 0.3) is 0 Å². The fourth-order valence-corrected chi connectivity index (χ4v) is 1.22. The van der Waals surface area contributed by atoms with Gasteiger partial charge in [-0.1, -0.05) is 30.3 Å². The van der Waals surface area contributed by atoms with Crippen LogP contribution in [-0.2, 0) is 0 Å². The smallest absolute Gasteiger partial charge is 0.0292 e. The van der Waals surface area contributed by atoms with E-state index < -0.39 is 0 Å². The fourth-order valence-electron chi connectivity index (χ4n) is 1.22. The Kier molecular flexibility index (Phi) is 4.08. The Bertz CT molecular complexity index is 271. The van der Waals surface area contributed by atoms with Crippen molar-refractivity contribution in [3.63, 3.8) is 0 Å². The van der Waals surface area contributed by atoms with Crippen LogP contribution in [0.3, 0.4) is 0 Å². The highest BCUT2D eigenvalue weighted by molar-refractivity contribution is 5.17. The molecule has 1 aromatic rings. The van der Waals surface area contributed by atoms with E-state index in [1.54, 1.807) is 0 Å². The normalized spacial score (nSPS) is 12.0. The zero-order valence-corrected chi connectivity index (χ0v) is 7.96. The van der Waals surface area contributed by atoms with E-state index in [1.807, 2.05) is 6.07 Å². The number of nitrogens with one attached hydrogen (secondary N) is 1. The van der Waals surface area contributed by atoms with Crippen LogP contribution in [0, 0.1) is 12.3 Å². The maximum absolute atomic E-state index is 5.16. The van der Waals surface area contributed by atoms with E-state index in [9.17, 15) is 0 Å². The molecule has 0 amide bonds. The quantitative estimate of drug-likeness (QED) is 0.544. The molecule has 0 bridgehead atoms. The second-order valence-electron chi connectivity index (χ2n) is 3.04. The Morgan fingerprint density at radius 2 is 2.08 bits per heavy atom. The molecular weight excluding hydrogens is 158 g/mol. The van der Waals surface area contributed by atoms with Crippen LogP contribution in [0.25, 0.3) is 0 Å². The second kappa shape index (κ2) is 5.40. The lowest BCUT2D eigenvalue weighted by Gasteiger charge is -2.12. The minimum atomic E-state index is 0.384. The minimum absolute atomic E-state index is 0.384. The molecule has 0 spiro atoms. The molecule has 1 aromatic carbocycles. The molecule has 0 aliphatic heterocycles. The maximum atomic E-state index is 5.16. The van der Waals surface area contributed by atoms with Gasteiger partial charge in [-0.3, -0.25) is 0 Å². The molecule has 0 aliphatic carbocycles. The molecule has 1 unspecified atom stereocenters. The molecule has 0 radical (unpaired) electrons. The summed E-state index contributed by atoms with van der Waals surface area (Å²) in [4.78, 5) is 0. The van der Waals surface area contributed by atoms with E-state index in [0.717, 1.165) is 13.0 Å². The summed E-state index contributed by atoms with van der Waals surface area (Å²) in [5.41, 5.74) is 1.31. The Labute approximate surface area is 80.2 Å². The van der Waals surface area contributed by atoms with E-state index in [4.69, 9.17) is 6.42 Å². The summed E-state index contributed by atoms with van der Waals surface area (Å²) in [6, 6.07) is 10.7. The van der Waals surface area contributed by atoms with Crippen molar-refractivity contribution in [3.05, 3.63) is 35.9 Å². The van der Waals surface area contributed by atoms with Crippen molar-refractivity contribution < 1.29 is 0 Å². The van der Waals surface area contributed by atoms with Crippen LogP contribution >= 0.6 is 0 Å². The first-order chi connectivity index (χ1) is 6.34. The number of benzene rings is 1. The van der Waals surface area contributed by atoms with Gasteiger partial charge in [0.15, 0.2) is 0 Å². The maximum Gasteiger partial charge on any atom is 0.0292 e. The lowest BCUT2D eigenvalue weighted by atomic mass is 10.1. The summed E-state index contributed by atoms with van der Waals surface area (Å²) in [5.74, 6) is 2.61. The molecule has 0 fully saturated rings. The molecule has 1 heteroatoms. The van der Waals surface area contributed by atoms with Crippen LogP contribution in [0.1, 0.15) is 24.9 Å². The summed E-state index contributed by atoms with van der Waals surface area (Å²) in [6.07, 6.45) is 5.95. The summed E-state index contributed by atoms with van der Waals surface area (Å²) in [7, 11) is 0. The summed E-state index contributed by atoms with van der Waals surface area (Å²) >= 11 is 0. The number of hydrogen-bond acceptors (Lipinski definition) is 1. The van der Waals surface area contributed by atoms with Gasteiger partial charge in [-0.2, -0.15) is 0 Å². The third-order valence-corrected chi connectivity index (χ3v) is 2.02. The molecule has 0 heterocycles. The molecule has 1 rings (SSSR count). The zero-order chi connectivity index (χ0) is 9.52. The summed E-state index contributed by atoms with van der Waals surface area (Å²) in [5, 5.41) is 3.36. The third-order valence-electron chi connectivity index (χ3n) is 2.02. The third kappa shape index (κ3) is 3.31. The standard InChI is InChI=1S/C12H15N/c1-3-4-10-13-11(2)12-8-6-5-7-9-12/h1,5-9,11,13H,4,10H2,2H3. The van der Waals surface area contributed by atoms with Gasteiger partial charge >= 0.3 is 0 Å². The Morgan fingerprint density at radius 1 is 1.38 bits per heavy atom. The first-order valence-electron chi connectivity index (χ1n) is 4.56. The first-order valence-corrected chi connectivity index (χ1v) is 4.56. The van der Waals surface area contributed by atoms with Crippen LogP contribution in [0.5, 0.6) is 0 Å². The molecule has 0 saturated heterocycles. The Hall–Kier alpha value is -1.26. The van der Waals surface area contributed by atoms with Crippen molar-refractivity contribution in [1.82, 2.24) is 5.32 Å². The second-order valence-corrected chi connectivity index (χ2v) is 3.04. The van der Waals surface area contributed by atoms with E-state index >= 15 is 0 Å². The largest absolute Gasteiger partial charge is 0.309 e. The Balaban J connectivity index is 2.41. The van der Waals surface area contributed by atoms with Gasteiger partial charge < -0.3 is 5.32 Å². The molecule has 1 N–H and O–H groups in total. The molecule has 1 atom stereocenters. The topological polar surface area (TPSA) is 12.0 Å². The average Bonchev–Trinajstić information content (AvgIpc) is 2.19. The number of rotatable bonds is 4. The first kappa shape index (κ1) is 9.83. The van der Waals surface area contributed by atoms with E-state index in [1.165, 1.54) is 5.56 Å². The van der Waals surface area contributed by atoms with Gasteiger partial charge in [0, 0.05) is 19.0 Å². The molecule has 0 aromatic heterocycles. The highest BCUT2D eigenvalue weighted by atomic mass is 14.9. The van der Waals surface area contributed by atoms with Crippen LogP contribution in [-0.4, -0.2) is 6.54 Å². The van der Waals surface area contributed by atoms with Gasteiger partial charge in [-0.25, -0.2) is 0 Å². The van der Waals surface area contributed by atoms with Gasteiger partial charge in [0.2, 0.25) is 0 Å². The van der Waals surface area contributed by atoms with E-state index in [-0.39, 0.29) is 0 Å². The van der Waals surface area contributed by atoms with Crippen molar-refractivity contribution in [3.8, 4) is 12.3 Å². The van der Waals surface area contributed by atoms with Crippen molar-refractivity contribution >= 4 is 0 Å². The van der Waals surface area contributed by atoms with Gasteiger partial charge in [-0.15, -0.1) is 12.3 Å². The predicted octanol–water partition coefficient (Wildman–Crippen LogP) is 2.36. The van der Waals surface area contributed by atoms with Crippen LogP contribution in [0.2, 0.25) is 0 Å². The molecule has 0 saturated carbocycles. The molecule has 1 nitrogen and oxygen atoms in total. The highest BCUT2D eigenvalue weighted by Crippen LogP contribution is 2.10. The fraction of sp³-hybridized carbons (Fsp3) is 0.333. The van der Waals surface area contributed by atoms with Crippen LogP contribution in [0.15, 0.2) is 30.3 Å². The average molecular weight is 173 g/mol. The minimum Gasteiger partial charge on any atom is -0.309 e. The van der Waals surface area contributed by atoms with Gasteiger partial charge in [0.05, 0.1) is 0 Å². The predicted molar refractivity (Wildman–Crippen MR) is 56.3 cm³/mol.